The van der Waals surface area contributed by atoms with Crippen molar-refractivity contribution in [2.24, 2.45) is 0 Å². The van der Waals surface area contributed by atoms with Crippen LogP contribution < -0.4 is 10.2 Å². The van der Waals surface area contributed by atoms with Gasteiger partial charge in [-0.3, -0.25) is 9.59 Å². The van der Waals surface area contributed by atoms with E-state index in [0.717, 1.165) is 38.0 Å². The van der Waals surface area contributed by atoms with Crippen molar-refractivity contribution < 1.29 is 18.0 Å². The van der Waals surface area contributed by atoms with Gasteiger partial charge in [0.1, 0.15) is 0 Å². The fourth-order valence-corrected chi connectivity index (χ4v) is 5.94. The van der Waals surface area contributed by atoms with E-state index in [4.69, 9.17) is 0 Å². The molecule has 0 aromatic heterocycles. The molecule has 0 saturated heterocycles. The van der Waals surface area contributed by atoms with Crippen molar-refractivity contribution >= 4 is 43.3 Å². The maximum absolute atomic E-state index is 13.0. The first kappa shape index (κ1) is 24.8. The number of sulfone groups is 1. The fourth-order valence-electron chi connectivity index (χ4n) is 3.77. The minimum absolute atomic E-state index is 0.106. The quantitative estimate of drug-likeness (QED) is 0.503. The summed E-state index contributed by atoms with van der Waals surface area (Å²) >= 11 is 3.37. The zero-order valence-corrected chi connectivity index (χ0v) is 20.4. The molecule has 2 amide bonds. The van der Waals surface area contributed by atoms with E-state index in [1.165, 1.54) is 17.9 Å². The van der Waals surface area contributed by atoms with Gasteiger partial charge in [-0.25, -0.2) is 8.42 Å². The summed E-state index contributed by atoms with van der Waals surface area (Å²) < 4.78 is 26.7. The van der Waals surface area contributed by atoms with Crippen LogP contribution in [0.15, 0.2) is 21.5 Å². The Labute approximate surface area is 188 Å². The van der Waals surface area contributed by atoms with Gasteiger partial charge < -0.3 is 15.1 Å². The second kappa shape index (κ2) is 11.2. The van der Waals surface area contributed by atoms with Crippen molar-refractivity contribution in [2.75, 3.05) is 43.4 Å². The molecule has 1 aliphatic rings. The Kier molecular flexibility index (Phi) is 9.31. The number of rotatable bonds is 11. The van der Waals surface area contributed by atoms with Crippen molar-refractivity contribution in [1.82, 2.24) is 10.2 Å². The van der Waals surface area contributed by atoms with Crippen molar-refractivity contribution in [1.29, 1.82) is 0 Å². The van der Waals surface area contributed by atoms with Crippen LogP contribution in [-0.2, 0) is 25.8 Å². The van der Waals surface area contributed by atoms with Gasteiger partial charge in [0.05, 0.1) is 16.3 Å². The van der Waals surface area contributed by atoms with E-state index in [0.29, 0.717) is 29.7 Å². The zero-order valence-electron chi connectivity index (χ0n) is 18.0. The molecule has 0 aliphatic carbocycles. The van der Waals surface area contributed by atoms with Crippen LogP contribution in [0.1, 0.15) is 45.6 Å². The van der Waals surface area contributed by atoms with Crippen LogP contribution in [0.25, 0.3) is 0 Å². The first-order chi connectivity index (χ1) is 14.2. The third-order valence-corrected chi connectivity index (χ3v) is 7.32. The highest BCUT2D eigenvalue weighted by molar-refractivity contribution is 9.10. The van der Waals surface area contributed by atoms with E-state index >= 15 is 0 Å². The van der Waals surface area contributed by atoms with Crippen LogP contribution in [0, 0.1) is 0 Å². The SMILES string of the molecule is CCCN(CCC)CCNC(=O)CCS(=O)(=O)c1cc(Br)cc2c1N(C(C)=O)CC2. The van der Waals surface area contributed by atoms with E-state index in [-0.39, 0.29) is 28.9 Å². The third-order valence-electron chi connectivity index (χ3n) is 5.14. The summed E-state index contributed by atoms with van der Waals surface area (Å²) in [6.45, 7) is 9.38. The van der Waals surface area contributed by atoms with Gasteiger partial charge in [0.15, 0.2) is 9.84 Å². The number of amides is 2. The maximum atomic E-state index is 13.0. The number of halogens is 1. The van der Waals surface area contributed by atoms with Gasteiger partial charge in [-0.15, -0.1) is 0 Å². The molecule has 0 spiro atoms. The van der Waals surface area contributed by atoms with E-state index in [9.17, 15) is 18.0 Å². The molecule has 0 bridgehead atoms. The van der Waals surface area contributed by atoms with Gasteiger partial charge in [-0.05, 0) is 50.0 Å². The highest BCUT2D eigenvalue weighted by atomic mass is 79.9. The van der Waals surface area contributed by atoms with Crippen LogP contribution in [0.3, 0.4) is 0 Å². The largest absolute Gasteiger partial charge is 0.355 e. The molecule has 7 nitrogen and oxygen atoms in total. The van der Waals surface area contributed by atoms with Gasteiger partial charge in [-0.2, -0.15) is 0 Å². The van der Waals surface area contributed by atoms with Crippen molar-refractivity contribution in [2.45, 2.75) is 51.3 Å². The molecule has 1 aliphatic heterocycles. The monoisotopic (exact) mass is 501 g/mol. The molecular formula is C21H32BrN3O4S. The summed E-state index contributed by atoms with van der Waals surface area (Å²) in [6.07, 6.45) is 2.62. The number of anilines is 1. The lowest BCUT2D eigenvalue weighted by Gasteiger charge is -2.21. The molecule has 1 N–H and O–H groups in total. The molecule has 2 rings (SSSR count). The van der Waals surface area contributed by atoms with Gasteiger partial charge in [-0.1, -0.05) is 29.8 Å². The second-order valence-corrected chi connectivity index (χ2v) is 10.6. The Morgan fingerprint density at radius 1 is 1.17 bits per heavy atom. The normalized spacial score (nSPS) is 13.6. The molecular weight excluding hydrogens is 470 g/mol. The molecule has 9 heteroatoms. The van der Waals surface area contributed by atoms with Gasteiger partial charge in [0.2, 0.25) is 11.8 Å². The molecule has 168 valence electrons. The van der Waals surface area contributed by atoms with E-state index in [2.05, 4.69) is 40.0 Å². The smallest absolute Gasteiger partial charge is 0.223 e. The van der Waals surface area contributed by atoms with E-state index in [1.54, 1.807) is 0 Å². The minimum atomic E-state index is -3.72. The molecule has 0 radical (unpaired) electrons. The van der Waals surface area contributed by atoms with Gasteiger partial charge in [0.25, 0.3) is 0 Å². The van der Waals surface area contributed by atoms with Crippen molar-refractivity contribution in [3.05, 3.63) is 22.2 Å². The predicted molar refractivity (Wildman–Crippen MR) is 123 cm³/mol. The average molecular weight is 502 g/mol. The molecule has 1 aromatic carbocycles. The summed E-state index contributed by atoms with van der Waals surface area (Å²) in [6, 6.07) is 3.38. The maximum Gasteiger partial charge on any atom is 0.223 e. The molecule has 0 saturated carbocycles. The Morgan fingerprint density at radius 3 is 2.43 bits per heavy atom. The van der Waals surface area contributed by atoms with Crippen molar-refractivity contribution in [3.63, 3.8) is 0 Å². The molecule has 0 unspecified atom stereocenters. The number of fused-ring (bicyclic) bond motifs is 1. The average Bonchev–Trinajstić information content (AvgIpc) is 3.10. The predicted octanol–water partition coefficient (Wildman–Crippen LogP) is 2.76. The van der Waals surface area contributed by atoms with Gasteiger partial charge in [0, 0.05) is 37.5 Å². The van der Waals surface area contributed by atoms with Crippen molar-refractivity contribution in [3.8, 4) is 0 Å². The second-order valence-electron chi connectivity index (χ2n) is 7.59. The Morgan fingerprint density at radius 2 is 1.83 bits per heavy atom. The summed E-state index contributed by atoms with van der Waals surface area (Å²) in [5.74, 6) is -0.753. The summed E-state index contributed by atoms with van der Waals surface area (Å²) in [4.78, 5) is 28.1. The standard InChI is InChI=1S/C21H32BrN3O4S/c1-4-9-24(10-5-2)12-8-23-20(27)7-13-30(28,29)19-15-18(22)14-17-6-11-25(16(3)26)21(17)19/h14-15H,4-13H2,1-3H3,(H,23,27). The van der Waals surface area contributed by atoms with Crippen LogP contribution in [-0.4, -0.2) is 63.6 Å². The molecule has 0 atom stereocenters. The highest BCUT2D eigenvalue weighted by Gasteiger charge is 2.31. The van der Waals surface area contributed by atoms with Crippen LogP contribution in [0.2, 0.25) is 0 Å². The Bertz CT molecular complexity index is 867. The van der Waals surface area contributed by atoms with Crippen LogP contribution >= 0.6 is 15.9 Å². The molecule has 1 aromatic rings. The molecule has 0 fully saturated rings. The topological polar surface area (TPSA) is 86.8 Å². The minimum Gasteiger partial charge on any atom is -0.355 e. The first-order valence-electron chi connectivity index (χ1n) is 10.5. The number of hydrogen-bond acceptors (Lipinski definition) is 5. The number of nitrogens with one attached hydrogen (secondary N) is 1. The van der Waals surface area contributed by atoms with Crippen LogP contribution in [0.5, 0.6) is 0 Å². The van der Waals surface area contributed by atoms with Gasteiger partial charge >= 0.3 is 0 Å². The Balaban J connectivity index is 2.01. The number of nitrogens with zero attached hydrogens (tertiary/aromatic N) is 2. The van der Waals surface area contributed by atoms with E-state index < -0.39 is 9.84 Å². The zero-order chi connectivity index (χ0) is 22.3. The lowest BCUT2D eigenvalue weighted by molar-refractivity contribution is -0.120. The summed E-state index contributed by atoms with van der Waals surface area (Å²) in [5.41, 5.74) is 1.29. The fraction of sp³-hybridized carbons (Fsp3) is 0.619. The summed E-state index contributed by atoms with van der Waals surface area (Å²) in [5, 5.41) is 2.83. The third kappa shape index (κ3) is 6.52. The molecule has 1 heterocycles. The summed E-state index contributed by atoms with van der Waals surface area (Å²) in [7, 11) is -3.72. The van der Waals surface area contributed by atoms with E-state index in [1.807, 2.05) is 6.07 Å². The number of hydrogen-bond donors (Lipinski definition) is 1. The van der Waals surface area contributed by atoms with Crippen LogP contribution in [0.4, 0.5) is 5.69 Å². The molecule has 30 heavy (non-hydrogen) atoms. The lowest BCUT2D eigenvalue weighted by atomic mass is 10.2. The first-order valence-corrected chi connectivity index (χ1v) is 13.0. The Hall–Kier alpha value is -1.45. The lowest BCUT2D eigenvalue weighted by Crippen LogP contribution is -2.36. The highest BCUT2D eigenvalue weighted by Crippen LogP contribution is 2.38. The number of carbonyl (C=O) groups excluding carboxylic acids is 2. The number of benzene rings is 1. The number of carbonyl (C=O) groups is 2.